The summed E-state index contributed by atoms with van der Waals surface area (Å²) in [6.07, 6.45) is 4.56. The lowest BCUT2D eigenvalue weighted by atomic mass is 10.1. The Morgan fingerprint density at radius 3 is 2.63 bits per heavy atom. The smallest absolute Gasteiger partial charge is 0.417 e. The molecule has 4 aromatic rings. The Balaban J connectivity index is 1.26. The van der Waals surface area contributed by atoms with Crippen LogP contribution in [-0.2, 0) is 16.1 Å². The molecule has 212 valence electrons. The molecule has 0 bridgehead atoms. The van der Waals surface area contributed by atoms with Crippen LogP contribution in [0.1, 0.15) is 28.8 Å². The number of rotatable bonds is 7. The molecule has 4 heterocycles. The van der Waals surface area contributed by atoms with E-state index in [-0.39, 0.29) is 24.5 Å². The topological polar surface area (TPSA) is 126 Å². The quantitative estimate of drug-likeness (QED) is 0.353. The van der Waals surface area contributed by atoms with E-state index < -0.39 is 6.09 Å². The van der Waals surface area contributed by atoms with Gasteiger partial charge in [0.15, 0.2) is 0 Å². The zero-order chi connectivity index (χ0) is 28.0. The van der Waals surface area contributed by atoms with Crippen LogP contribution in [0.2, 0.25) is 0 Å². The van der Waals surface area contributed by atoms with Gasteiger partial charge in [-0.2, -0.15) is 9.97 Å². The summed E-state index contributed by atoms with van der Waals surface area (Å²) in [6.45, 7) is 3.91. The molecule has 2 aliphatic rings. The molecule has 41 heavy (non-hydrogen) atoms. The summed E-state index contributed by atoms with van der Waals surface area (Å²) in [5.74, 6) is 1.00. The lowest BCUT2D eigenvalue weighted by Gasteiger charge is -2.32. The second-order valence-electron chi connectivity index (χ2n) is 9.96. The van der Waals surface area contributed by atoms with Crippen molar-refractivity contribution in [1.29, 1.82) is 0 Å². The number of imidazole rings is 1. The minimum Gasteiger partial charge on any atom is -0.444 e. The molecule has 1 unspecified atom stereocenters. The van der Waals surface area contributed by atoms with Gasteiger partial charge in [-0.25, -0.2) is 14.7 Å². The molecule has 0 saturated carbocycles. The molecule has 2 fully saturated rings. The first-order chi connectivity index (χ1) is 20.2. The van der Waals surface area contributed by atoms with Crippen molar-refractivity contribution in [1.82, 2.24) is 29.6 Å². The van der Waals surface area contributed by atoms with E-state index in [2.05, 4.69) is 20.6 Å². The van der Waals surface area contributed by atoms with Crippen LogP contribution in [-0.4, -0.2) is 81.7 Å². The van der Waals surface area contributed by atoms with Crippen LogP contribution in [0.4, 0.5) is 22.4 Å². The summed E-state index contributed by atoms with van der Waals surface area (Å²) < 4.78 is 12.8. The maximum Gasteiger partial charge on any atom is 0.417 e. The number of amides is 2. The van der Waals surface area contributed by atoms with Crippen molar-refractivity contribution in [2.45, 2.75) is 25.5 Å². The van der Waals surface area contributed by atoms with Crippen molar-refractivity contribution < 1.29 is 19.1 Å². The third-order valence-electron chi connectivity index (χ3n) is 7.19. The molecule has 2 saturated heterocycles. The van der Waals surface area contributed by atoms with Gasteiger partial charge in [-0.05, 0) is 49.2 Å². The van der Waals surface area contributed by atoms with Crippen LogP contribution in [0, 0.1) is 0 Å². The highest BCUT2D eigenvalue weighted by Crippen LogP contribution is 2.24. The highest BCUT2D eigenvalue weighted by molar-refractivity contribution is 5.94. The summed E-state index contributed by atoms with van der Waals surface area (Å²) in [6, 6.07) is 16.6. The fraction of sp³-hybridized carbons (Fsp3) is 0.345. The van der Waals surface area contributed by atoms with Gasteiger partial charge in [0.25, 0.3) is 5.91 Å². The minimum absolute atomic E-state index is 0.0214. The van der Waals surface area contributed by atoms with Gasteiger partial charge in [0, 0.05) is 43.3 Å². The SMILES string of the molecule is O=C(c1ccc(Nc2nc(N(C(=O)OCc3ccccc3)C3CCCNC3)nc3nccn23)cc1)N1CCOCC1. The summed E-state index contributed by atoms with van der Waals surface area (Å²) in [4.78, 5) is 43.4. The zero-order valence-corrected chi connectivity index (χ0v) is 22.6. The fourth-order valence-electron chi connectivity index (χ4n) is 5.01. The molecule has 2 amide bonds. The van der Waals surface area contributed by atoms with Crippen LogP contribution >= 0.6 is 0 Å². The normalized spacial score (nSPS) is 17.3. The molecule has 0 radical (unpaired) electrons. The van der Waals surface area contributed by atoms with Crippen LogP contribution < -0.4 is 15.5 Å². The van der Waals surface area contributed by atoms with E-state index in [0.717, 1.165) is 30.6 Å². The summed E-state index contributed by atoms with van der Waals surface area (Å²) in [7, 11) is 0. The highest BCUT2D eigenvalue weighted by Gasteiger charge is 2.31. The van der Waals surface area contributed by atoms with Crippen molar-refractivity contribution in [2.75, 3.05) is 49.6 Å². The molecule has 2 aromatic carbocycles. The number of hydrogen-bond donors (Lipinski definition) is 2. The van der Waals surface area contributed by atoms with Crippen molar-refractivity contribution in [2.24, 2.45) is 0 Å². The lowest BCUT2D eigenvalue weighted by molar-refractivity contribution is 0.0303. The van der Waals surface area contributed by atoms with Crippen molar-refractivity contribution in [3.05, 3.63) is 78.1 Å². The number of fused-ring (bicyclic) bond motifs is 1. The first-order valence-corrected chi connectivity index (χ1v) is 13.8. The Hall–Kier alpha value is -4.55. The van der Waals surface area contributed by atoms with Crippen molar-refractivity contribution in [3.8, 4) is 0 Å². The van der Waals surface area contributed by atoms with Crippen LogP contribution in [0.15, 0.2) is 67.0 Å². The Morgan fingerprint density at radius 2 is 1.88 bits per heavy atom. The second kappa shape index (κ2) is 12.3. The number of ether oxygens (including phenoxy) is 2. The molecule has 6 rings (SSSR count). The van der Waals surface area contributed by atoms with Gasteiger partial charge in [0.1, 0.15) is 6.61 Å². The molecule has 2 N–H and O–H groups in total. The summed E-state index contributed by atoms with van der Waals surface area (Å²) in [5, 5.41) is 6.67. The number of aromatic nitrogens is 4. The summed E-state index contributed by atoms with van der Waals surface area (Å²) in [5.41, 5.74) is 2.22. The zero-order valence-electron chi connectivity index (χ0n) is 22.6. The molecular weight excluding hydrogens is 524 g/mol. The molecule has 1 atom stereocenters. The monoisotopic (exact) mass is 556 g/mol. The molecule has 0 aliphatic carbocycles. The maximum atomic E-state index is 13.5. The standard InChI is InChI=1S/C29H32N8O4/c38-25(35-15-17-40-18-16-35)22-8-10-23(11-9-22)32-27-34-28(33-26-31-13-14-36(26)27)37(24-7-4-12-30-19-24)29(39)41-20-21-5-2-1-3-6-21/h1-3,5-6,8-11,13-14,24,30H,4,7,12,15-20H2,(H,31,32,33,34). The lowest BCUT2D eigenvalue weighted by Crippen LogP contribution is -2.50. The summed E-state index contributed by atoms with van der Waals surface area (Å²) >= 11 is 0. The number of anilines is 3. The van der Waals surface area contributed by atoms with Crippen molar-refractivity contribution >= 4 is 35.4 Å². The van der Waals surface area contributed by atoms with Crippen LogP contribution in [0.25, 0.3) is 5.78 Å². The Bertz CT molecular complexity index is 1480. The number of hydrogen-bond acceptors (Lipinski definition) is 9. The number of nitrogens with zero attached hydrogens (tertiary/aromatic N) is 6. The van der Waals surface area contributed by atoms with Gasteiger partial charge in [0.05, 0.1) is 19.3 Å². The molecule has 0 spiro atoms. The van der Waals surface area contributed by atoms with Crippen LogP contribution in [0.3, 0.4) is 0 Å². The van der Waals surface area contributed by atoms with E-state index in [1.54, 1.807) is 33.8 Å². The van der Waals surface area contributed by atoms with Gasteiger partial charge in [-0.15, -0.1) is 0 Å². The average molecular weight is 557 g/mol. The number of morpholine rings is 1. The van der Waals surface area contributed by atoms with E-state index in [1.807, 2.05) is 42.5 Å². The van der Waals surface area contributed by atoms with E-state index in [4.69, 9.17) is 14.5 Å². The first kappa shape index (κ1) is 26.7. The van der Waals surface area contributed by atoms with Gasteiger partial charge in [0.2, 0.25) is 17.7 Å². The molecule has 2 aliphatic heterocycles. The van der Waals surface area contributed by atoms with E-state index >= 15 is 0 Å². The predicted octanol–water partition coefficient (Wildman–Crippen LogP) is 3.24. The molecule has 12 heteroatoms. The number of carbonyl (C=O) groups is 2. The average Bonchev–Trinajstić information content (AvgIpc) is 3.51. The third kappa shape index (κ3) is 6.13. The molecule has 12 nitrogen and oxygen atoms in total. The minimum atomic E-state index is -0.518. The van der Waals surface area contributed by atoms with E-state index in [1.165, 1.54) is 4.90 Å². The Labute approximate surface area is 237 Å². The van der Waals surface area contributed by atoms with Gasteiger partial charge in [-0.1, -0.05) is 30.3 Å². The van der Waals surface area contributed by atoms with Gasteiger partial charge >= 0.3 is 6.09 Å². The Kier molecular flexibility index (Phi) is 8.01. The first-order valence-electron chi connectivity index (χ1n) is 13.8. The van der Waals surface area contributed by atoms with Crippen LogP contribution in [0.5, 0.6) is 0 Å². The largest absolute Gasteiger partial charge is 0.444 e. The Morgan fingerprint density at radius 1 is 1.07 bits per heavy atom. The fourth-order valence-corrected chi connectivity index (χ4v) is 5.01. The molecular formula is C29H32N8O4. The number of carbonyl (C=O) groups excluding carboxylic acids is 2. The second-order valence-corrected chi connectivity index (χ2v) is 9.96. The van der Waals surface area contributed by atoms with Gasteiger partial charge in [-0.3, -0.25) is 9.20 Å². The van der Waals surface area contributed by atoms with Gasteiger partial charge < -0.3 is 25.0 Å². The van der Waals surface area contributed by atoms with Crippen molar-refractivity contribution in [3.63, 3.8) is 0 Å². The third-order valence-corrected chi connectivity index (χ3v) is 7.19. The predicted molar refractivity (Wildman–Crippen MR) is 152 cm³/mol. The maximum absolute atomic E-state index is 13.5. The number of piperidine rings is 1. The van der Waals surface area contributed by atoms with E-state index in [0.29, 0.717) is 50.1 Å². The molecule has 2 aromatic heterocycles. The number of nitrogens with one attached hydrogen (secondary N) is 2. The van der Waals surface area contributed by atoms with E-state index in [9.17, 15) is 9.59 Å². The number of benzene rings is 2. The highest BCUT2D eigenvalue weighted by atomic mass is 16.6.